The van der Waals surface area contributed by atoms with Crippen LogP contribution in [0.15, 0.2) is 12.1 Å². The van der Waals surface area contributed by atoms with Gasteiger partial charge in [0.2, 0.25) is 0 Å². The van der Waals surface area contributed by atoms with E-state index in [4.69, 9.17) is 4.74 Å². The molecule has 0 saturated heterocycles. The van der Waals surface area contributed by atoms with E-state index in [1.807, 2.05) is 0 Å². The Hall–Kier alpha value is -2.19. The van der Waals surface area contributed by atoms with E-state index in [0.29, 0.717) is 12.1 Å². The van der Waals surface area contributed by atoms with Crippen molar-refractivity contribution in [1.29, 1.82) is 0 Å². The molecule has 20 heavy (non-hydrogen) atoms. The molecule has 1 N–H and O–H groups in total. The predicted octanol–water partition coefficient (Wildman–Crippen LogP) is 1.59. The molecule has 1 aromatic carbocycles. The number of hydrogen-bond acceptors (Lipinski definition) is 3. The van der Waals surface area contributed by atoms with E-state index in [2.05, 4.69) is 0 Å². The van der Waals surface area contributed by atoms with E-state index < -0.39 is 53.5 Å². The first-order valence-electron chi connectivity index (χ1n) is 5.24. The minimum atomic E-state index is -5.17. The number of carbonyl (C=O) groups is 2. The van der Waals surface area contributed by atoms with Crippen LogP contribution in [-0.2, 0) is 4.79 Å². The first kappa shape index (κ1) is 14.2. The van der Waals surface area contributed by atoms with E-state index in [1.54, 1.807) is 0 Å². The maximum atomic E-state index is 13.3. The molecule has 0 radical (unpaired) electrons. The molecule has 9 heteroatoms. The summed E-state index contributed by atoms with van der Waals surface area (Å²) in [5.74, 6) is -6.16. The van der Waals surface area contributed by atoms with Crippen molar-refractivity contribution in [2.75, 3.05) is 6.61 Å². The fraction of sp³-hybridized carbons (Fsp3) is 0.273. The number of ketones is 1. The molecule has 1 aliphatic heterocycles. The van der Waals surface area contributed by atoms with Crippen LogP contribution in [0.25, 0.3) is 0 Å². The third-order valence-electron chi connectivity index (χ3n) is 2.55. The van der Waals surface area contributed by atoms with Crippen molar-refractivity contribution in [3.63, 3.8) is 0 Å². The number of halogens is 5. The van der Waals surface area contributed by atoms with Crippen molar-refractivity contribution in [2.45, 2.75) is 12.2 Å². The summed E-state index contributed by atoms with van der Waals surface area (Å²) < 4.78 is 67.3. The van der Waals surface area contributed by atoms with Gasteiger partial charge in [0.1, 0.15) is 18.5 Å². The number of carbonyl (C=O) groups excluding carboxylic acids is 2. The smallest absolute Gasteiger partial charge is 0.471 e. The molecule has 1 atom stereocenters. The topological polar surface area (TPSA) is 55.4 Å². The Labute approximate surface area is 108 Å². The van der Waals surface area contributed by atoms with Crippen LogP contribution in [0.3, 0.4) is 0 Å². The molecule has 0 fully saturated rings. The Morgan fingerprint density at radius 1 is 1.30 bits per heavy atom. The monoisotopic (exact) mass is 295 g/mol. The molecule has 1 unspecified atom stereocenters. The maximum Gasteiger partial charge on any atom is 0.471 e. The largest absolute Gasteiger partial charge is 0.487 e. The summed E-state index contributed by atoms with van der Waals surface area (Å²) >= 11 is 0. The maximum absolute atomic E-state index is 13.3. The number of hydrogen-bond donors (Lipinski definition) is 1. The molecule has 0 aliphatic carbocycles. The zero-order chi connectivity index (χ0) is 15.1. The molecule has 1 aliphatic rings. The van der Waals surface area contributed by atoms with Crippen LogP contribution in [0.2, 0.25) is 0 Å². The molecule has 108 valence electrons. The van der Waals surface area contributed by atoms with Gasteiger partial charge in [-0.05, 0) is 6.07 Å². The highest BCUT2D eigenvalue weighted by molar-refractivity contribution is 6.05. The zero-order valence-electron chi connectivity index (χ0n) is 9.55. The fourth-order valence-corrected chi connectivity index (χ4v) is 1.67. The summed E-state index contributed by atoms with van der Waals surface area (Å²) in [6, 6.07) is -0.550. The molecule has 0 spiro atoms. The van der Waals surface area contributed by atoms with Gasteiger partial charge in [-0.3, -0.25) is 9.59 Å². The first-order valence-corrected chi connectivity index (χ1v) is 5.24. The van der Waals surface area contributed by atoms with Gasteiger partial charge in [-0.1, -0.05) is 0 Å². The lowest BCUT2D eigenvalue weighted by Gasteiger charge is -2.25. The Morgan fingerprint density at radius 2 is 1.95 bits per heavy atom. The third-order valence-corrected chi connectivity index (χ3v) is 2.55. The first-order chi connectivity index (χ1) is 9.20. The lowest BCUT2D eigenvalue weighted by molar-refractivity contribution is -0.174. The van der Waals surface area contributed by atoms with Gasteiger partial charge < -0.3 is 10.1 Å². The van der Waals surface area contributed by atoms with Crippen LogP contribution < -0.4 is 10.1 Å². The van der Waals surface area contributed by atoms with Gasteiger partial charge >= 0.3 is 12.1 Å². The van der Waals surface area contributed by atoms with Crippen LogP contribution in [0.5, 0.6) is 5.75 Å². The highest BCUT2D eigenvalue weighted by Gasteiger charge is 2.42. The molecule has 2 rings (SSSR count). The van der Waals surface area contributed by atoms with Crippen LogP contribution in [0.4, 0.5) is 22.0 Å². The molecule has 0 saturated carbocycles. The number of Topliss-reactive ketones (excluding diaryl/α,β-unsaturated/α-hetero) is 1. The van der Waals surface area contributed by atoms with Gasteiger partial charge in [0.25, 0.3) is 0 Å². The Kier molecular flexibility index (Phi) is 3.36. The molecule has 0 bridgehead atoms. The predicted molar refractivity (Wildman–Crippen MR) is 54.2 cm³/mol. The number of rotatable bonds is 1. The number of fused-ring (bicyclic) bond motifs is 1. The normalized spacial score (nSPS) is 18.2. The molecular weight excluding hydrogens is 289 g/mol. The Balaban J connectivity index is 2.26. The second kappa shape index (κ2) is 4.73. The van der Waals surface area contributed by atoms with Gasteiger partial charge in [-0.15, -0.1) is 0 Å². The second-order valence-electron chi connectivity index (χ2n) is 3.96. The van der Waals surface area contributed by atoms with E-state index in [0.717, 1.165) is 0 Å². The van der Waals surface area contributed by atoms with E-state index >= 15 is 0 Å². The third kappa shape index (κ3) is 2.56. The highest BCUT2D eigenvalue weighted by Crippen LogP contribution is 2.29. The minimum absolute atomic E-state index is 0.473. The van der Waals surface area contributed by atoms with Gasteiger partial charge in [-0.2, -0.15) is 13.2 Å². The number of benzene rings is 1. The highest BCUT2D eigenvalue weighted by atomic mass is 19.4. The minimum Gasteiger partial charge on any atom is -0.487 e. The van der Waals surface area contributed by atoms with Gasteiger partial charge in [0.15, 0.2) is 17.3 Å². The van der Waals surface area contributed by atoms with Crippen LogP contribution in [0, 0.1) is 11.6 Å². The van der Waals surface area contributed by atoms with Gasteiger partial charge in [0.05, 0.1) is 5.56 Å². The fourth-order valence-electron chi connectivity index (χ4n) is 1.67. The SMILES string of the molecule is O=C1c2cc(F)cc(F)c2OCC1NC(=O)C(F)(F)F. The number of ether oxygens (including phenoxy) is 1. The Bertz CT molecular complexity index is 584. The number of amides is 1. The molecule has 0 aromatic heterocycles. The second-order valence-corrected chi connectivity index (χ2v) is 3.96. The summed E-state index contributed by atoms with van der Waals surface area (Å²) in [7, 11) is 0. The van der Waals surface area contributed by atoms with Crippen LogP contribution >= 0.6 is 0 Å². The van der Waals surface area contributed by atoms with E-state index in [1.165, 1.54) is 5.32 Å². The summed E-state index contributed by atoms with van der Waals surface area (Å²) in [4.78, 5) is 22.5. The summed E-state index contributed by atoms with van der Waals surface area (Å²) in [5, 5.41) is 1.41. The van der Waals surface area contributed by atoms with Crippen molar-refractivity contribution < 1.29 is 36.3 Å². The Morgan fingerprint density at radius 3 is 2.55 bits per heavy atom. The number of nitrogens with one attached hydrogen (secondary N) is 1. The van der Waals surface area contributed by atoms with Crippen molar-refractivity contribution in [3.8, 4) is 5.75 Å². The lowest BCUT2D eigenvalue weighted by Crippen LogP contribution is -2.51. The molecule has 1 amide bonds. The van der Waals surface area contributed by atoms with Crippen LogP contribution in [0.1, 0.15) is 10.4 Å². The van der Waals surface area contributed by atoms with Crippen molar-refractivity contribution >= 4 is 11.7 Å². The lowest BCUT2D eigenvalue weighted by atomic mass is 10.0. The van der Waals surface area contributed by atoms with Gasteiger partial charge in [-0.25, -0.2) is 8.78 Å². The summed E-state index contributed by atoms with van der Waals surface area (Å²) in [6.07, 6.45) is -5.17. The van der Waals surface area contributed by atoms with E-state index in [-0.39, 0.29) is 0 Å². The number of alkyl halides is 3. The van der Waals surface area contributed by atoms with E-state index in [9.17, 15) is 31.5 Å². The van der Waals surface area contributed by atoms with Crippen molar-refractivity contribution in [2.24, 2.45) is 0 Å². The average Bonchev–Trinajstić information content (AvgIpc) is 2.32. The summed E-state index contributed by atoms with van der Waals surface area (Å²) in [6.45, 7) is -0.670. The van der Waals surface area contributed by atoms with Crippen molar-refractivity contribution in [3.05, 3.63) is 29.3 Å². The molecule has 4 nitrogen and oxygen atoms in total. The average molecular weight is 295 g/mol. The molecular formula is C11H6F5NO3. The quantitative estimate of drug-likeness (QED) is 0.800. The zero-order valence-corrected chi connectivity index (χ0v) is 9.55. The van der Waals surface area contributed by atoms with Crippen molar-refractivity contribution in [1.82, 2.24) is 5.32 Å². The molecule has 1 aromatic rings. The van der Waals surface area contributed by atoms with Gasteiger partial charge in [0, 0.05) is 6.07 Å². The molecule has 1 heterocycles. The van der Waals surface area contributed by atoms with Crippen LogP contribution in [-0.4, -0.2) is 30.5 Å². The summed E-state index contributed by atoms with van der Waals surface area (Å²) in [5.41, 5.74) is -0.554. The standard InChI is InChI=1S/C11H6F5NO3/c12-4-1-5-8(18)7(17-10(19)11(14,15)16)3-20-9(5)6(13)2-4/h1-2,7H,3H2,(H,17,19).